The zero-order valence-electron chi connectivity index (χ0n) is 13.0. The zero-order chi connectivity index (χ0) is 15.0. The molecule has 0 heterocycles. The lowest BCUT2D eigenvalue weighted by molar-refractivity contribution is 1.42. The van der Waals surface area contributed by atoms with Gasteiger partial charge in [-0.15, -0.1) is 0 Å². The van der Waals surface area contributed by atoms with E-state index in [1.54, 1.807) is 0 Å². The summed E-state index contributed by atoms with van der Waals surface area (Å²) in [5.74, 6) is 0. The molecule has 2 bridgehead atoms. The fourth-order valence-corrected chi connectivity index (χ4v) is 1.94. The summed E-state index contributed by atoms with van der Waals surface area (Å²) in [6, 6.07) is 17.0. The number of hydrogen-bond acceptors (Lipinski definition) is 0. The van der Waals surface area contributed by atoms with Gasteiger partial charge in [0.1, 0.15) is 0 Å². The molecule has 104 valence electrons. The molecule has 2 rings (SSSR count). The molecule has 0 unspecified atom stereocenters. The lowest BCUT2D eigenvalue weighted by atomic mass is 10.1. The molecule has 2 aromatic rings. The van der Waals surface area contributed by atoms with Crippen molar-refractivity contribution in [1.29, 1.82) is 0 Å². The molecule has 0 saturated carbocycles. The van der Waals surface area contributed by atoms with Crippen molar-refractivity contribution in [3.8, 4) is 0 Å². The molecule has 0 spiro atoms. The molecule has 0 atom stereocenters. The van der Waals surface area contributed by atoms with Gasteiger partial charge in [-0.3, -0.25) is 0 Å². The molecule has 0 aliphatic carbocycles. The van der Waals surface area contributed by atoms with Crippen molar-refractivity contribution in [2.45, 2.75) is 27.7 Å². The van der Waals surface area contributed by atoms with Crippen LogP contribution in [0.5, 0.6) is 0 Å². The maximum atomic E-state index is 4.13. The summed E-state index contributed by atoms with van der Waals surface area (Å²) in [4.78, 5) is 0. The van der Waals surface area contributed by atoms with Crippen LogP contribution < -0.4 is 5.22 Å². The predicted molar refractivity (Wildman–Crippen MR) is 93.1 cm³/mol. The Hall–Kier alpha value is -2.08. The van der Waals surface area contributed by atoms with E-state index in [0.29, 0.717) is 0 Å². The Morgan fingerprint density at radius 2 is 1.50 bits per heavy atom. The Labute approximate surface area is 122 Å². The third kappa shape index (κ3) is 4.24. The average molecular weight is 264 g/mol. The normalized spacial score (nSPS) is 10.0. The Kier molecular flexibility index (Phi) is 6.52. The van der Waals surface area contributed by atoms with Crippen LogP contribution in [0.1, 0.15) is 31.9 Å². The third-order valence-electron chi connectivity index (χ3n) is 3.10. The highest BCUT2D eigenvalue weighted by atomic mass is 14.0. The maximum Gasteiger partial charge on any atom is -0.0225 e. The molecule has 0 fully saturated rings. The molecule has 0 heteroatoms. The van der Waals surface area contributed by atoms with Crippen LogP contribution in [0, 0.1) is 6.92 Å². The van der Waals surface area contributed by atoms with Gasteiger partial charge in [0.15, 0.2) is 0 Å². The van der Waals surface area contributed by atoms with Crippen molar-refractivity contribution in [2.75, 3.05) is 0 Å². The lowest BCUT2D eigenvalue weighted by Gasteiger charge is -1.98. The molecule has 0 amide bonds. The van der Waals surface area contributed by atoms with Crippen LogP contribution in [0.2, 0.25) is 0 Å². The van der Waals surface area contributed by atoms with Gasteiger partial charge >= 0.3 is 0 Å². The van der Waals surface area contributed by atoms with E-state index in [4.69, 9.17) is 0 Å². The van der Waals surface area contributed by atoms with Gasteiger partial charge in [-0.2, -0.15) is 0 Å². The molecule has 0 radical (unpaired) electrons. The molecule has 0 aliphatic rings. The van der Waals surface area contributed by atoms with Gasteiger partial charge in [0.2, 0.25) is 0 Å². The minimum Gasteiger partial charge on any atom is -0.0915 e. The molecule has 20 heavy (non-hydrogen) atoms. The molecular weight excluding hydrogens is 240 g/mol. The summed E-state index contributed by atoms with van der Waals surface area (Å²) in [7, 11) is 0. The second-order valence-corrected chi connectivity index (χ2v) is 4.44. The van der Waals surface area contributed by atoms with E-state index < -0.39 is 0 Å². The monoisotopic (exact) mass is 264 g/mol. The Bertz CT molecular complexity index is 677. The van der Waals surface area contributed by atoms with Gasteiger partial charge in [-0.1, -0.05) is 75.0 Å². The fraction of sp³-hybridized carbons (Fsp3) is 0.200. The largest absolute Gasteiger partial charge is 0.0915 e. The van der Waals surface area contributed by atoms with Gasteiger partial charge in [0.05, 0.1) is 0 Å². The predicted octanol–water partition coefficient (Wildman–Crippen LogP) is 5.46. The van der Waals surface area contributed by atoms with Gasteiger partial charge in [-0.25, -0.2) is 0 Å². The van der Waals surface area contributed by atoms with Crippen molar-refractivity contribution < 1.29 is 0 Å². The Balaban J connectivity index is 0.000000956. The molecule has 0 saturated heterocycles. The quantitative estimate of drug-likeness (QED) is 0.641. The highest BCUT2D eigenvalue weighted by molar-refractivity contribution is 5.67. The van der Waals surface area contributed by atoms with Crippen LogP contribution in [0.25, 0.3) is 23.4 Å². The number of allylic oxidation sites excluding steroid dienone is 1. The molecule has 0 N–H and O–H groups in total. The zero-order valence-corrected chi connectivity index (χ0v) is 13.0. The van der Waals surface area contributed by atoms with Crippen LogP contribution in [0.15, 0.2) is 54.6 Å². The summed E-state index contributed by atoms with van der Waals surface area (Å²) in [5.41, 5.74) is 2.42. The highest BCUT2D eigenvalue weighted by Crippen LogP contribution is 2.09. The van der Waals surface area contributed by atoms with Crippen molar-refractivity contribution in [3.63, 3.8) is 0 Å². The first-order chi connectivity index (χ1) is 9.70. The Morgan fingerprint density at radius 1 is 0.900 bits per heavy atom. The summed E-state index contributed by atoms with van der Waals surface area (Å²) < 4.78 is 0. The van der Waals surface area contributed by atoms with Crippen LogP contribution >= 0.6 is 0 Å². The van der Waals surface area contributed by atoms with Crippen LogP contribution in [-0.2, 0) is 0 Å². The molecule has 0 aliphatic heterocycles. The number of fused-ring (bicyclic) bond motifs is 2. The van der Waals surface area contributed by atoms with Crippen LogP contribution in [0.3, 0.4) is 0 Å². The summed E-state index contributed by atoms with van der Waals surface area (Å²) in [6.07, 6.45) is 4.18. The summed E-state index contributed by atoms with van der Waals surface area (Å²) in [5, 5.41) is 3.49. The summed E-state index contributed by atoms with van der Waals surface area (Å²) in [6.45, 7) is 12.3. The topological polar surface area (TPSA) is 0 Å². The van der Waals surface area contributed by atoms with E-state index in [1.165, 1.54) is 21.9 Å². The standard InChI is InChI=1S/C18H18.C2H6/c1-4-6-18-12-11-17-8-5-7-16(13-17)10-9-14(2)15(18)3;1-2/h4-13H,2H2,1,3H3;1-2H3/b6-4-,10-9?,12-11?,18-15?;. The van der Waals surface area contributed by atoms with Gasteiger partial charge < -0.3 is 0 Å². The number of rotatable bonds is 1. The molecule has 2 aromatic carbocycles. The molecule has 0 aromatic heterocycles. The van der Waals surface area contributed by atoms with Crippen molar-refractivity contribution >= 4 is 23.4 Å². The molecule has 0 nitrogen and oxygen atoms in total. The van der Waals surface area contributed by atoms with E-state index in [1.807, 2.05) is 20.8 Å². The SMILES string of the molecule is C=c1ccc2cccc(ccc(/C=C\C)c1C)c2.CC. The summed E-state index contributed by atoms with van der Waals surface area (Å²) >= 11 is 0. The first-order valence-corrected chi connectivity index (χ1v) is 7.20. The average Bonchev–Trinajstić information content (AvgIpc) is 2.50. The van der Waals surface area contributed by atoms with Crippen molar-refractivity contribution in [2.24, 2.45) is 0 Å². The smallest absolute Gasteiger partial charge is 0.0225 e. The number of hydrogen-bond donors (Lipinski definition) is 0. The fourth-order valence-electron chi connectivity index (χ4n) is 1.94. The Morgan fingerprint density at radius 3 is 2.10 bits per heavy atom. The first-order valence-electron chi connectivity index (χ1n) is 7.20. The van der Waals surface area contributed by atoms with Gasteiger partial charge in [-0.05, 0) is 47.0 Å². The van der Waals surface area contributed by atoms with E-state index in [-0.39, 0.29) is 0 Å². The second kappa shape index (κ2) is 8.16. The first kappa shape index (κ1) is 16.0. The minimum absolute atomic E-state index is 1.06. The lowest BCUT2D eigenvalue weighted by Crippen LogP contribution is -2.00. The number of benzene rings is 1. The second-order valence-electron chi connectivity index (χ2n) is 4.44. The third-order valence-corrected chi connectivity index (χ3v) is 3.10. The minimum atomic E-state index is 1.06. The van der Waals surface area contributed by atoms with E-state index in [9.17, 15) is 0 Å². The maximum absolute atomic E-state index is 4.13. The van der Waals surface area contributed by atoms with Crippen LogP contribution in [0.4, 0.5) is 0 Å². The van der Waals surface area contributed by atoms with Crippen molar-refractivity contribution in [1.82, 2.24) is 0 Å². The van der Waals surface area contributed by atoms with Gasteiger partial charge in [0.25, 0.3) is 0 Å². The van der Waals surface area contributed by atoms with E-state index >= 15 is 0 Å². The van der Waals surface area contributed by atoms with Gasteiger partial charge in [0, 0.05) is 0 Å². The van der Waals surface area contributed by atoms with E-state index in [2.05, 4.69) is 74.2 Å². The van der Waals surface area contributed by atoms with Crippen LogP contribution in [-0.4, -0.2) is 0 Å². The molecular formula is C20H24. The van der Waals surface area contributed by atoms with Crippen molar-refractivity contribution in [3.05, 3.63) is 71.0 Å². The highest BCUT2D eigenvalue weighted by Gasteiger charge is 1.91. The van der Waals surface area contributed by atoms with E-state index in [0.717, 1.165) is 5.22 Å².